The van der Waals surface area contributed by atoms with Crippen LogP contribution in [-0.2, 0) is 9.53 Å². The van der Waals surface area contributed by atoms with Crippen LogP contribution in [0.5, 0.6) is 5.75 Å². The molecule has 0 saturated carbocycles. The Balaban J connectivity index is 2.20. The molecule has 0 atom stereocenters. The van der Waals surface area contributed by atoms with Crippen LogP contribution in [0.25, 0.3) is 0 Å². The van der Waals surface area contributed by atoms with Crippen LogP contribution in [0.3, 0.4) is 0 Å². The minimum atomic E-state index is -0.142. The highest BCUT2D eigenvalue weighted by Gasteiger charge is 2.03. The van der Waals surface area contributed by atoms with Crippen LogP contribution in [0.1, 0.15) is 32.6 Å². The molecular formula is C14H22N2O3. The third-order valence-electron chi connectivity index (χ3n) is 2.65. The molecule has 19 heavy (non-hydrogen) atoms. The first-order valence-electron chi connectivity index (χ1n) is 6.66. The van der Waals surface area contributed by atoms with E-state index >= 15 is 0 Å². The SMILES string of the molecule is CCOc1cccnc1NCCCCCC(=O)OC. The van der Waals surface area contributed by atoms with Gasteiger partial charge < -0.3 is 14.8 Å². The number of rotatable bonds is 9. The maximum atomic E-state index is 10.9. The van der Waals surface area contributed by atoms with Crippen molar-refractivity contribution in [2.24, 2.45) is 0 Å². The highest BCUT2D eigenvalue weighted by molar-refractivity contribution is 5.68. The number of nitrogens with one attached hydrogen (secondary N) is 1. The molecule has 0 fully saturated rings. The van der Waals surface area contributed by atoms with Gasteiger partial charge in [-0.25, -0.2) is 4.98 Å². The molecule has 5 heteroatoms. The number of carbonyl (C=O) groups excluding carboxylic acids is 1. The van der Waals surface area contributed by atoms with Gasteiger partial charge in [0.25, 0.3) is 0 Å². The number of esters is 1. The molecule has 0 aliphatic carbocycles. The molecule has 1 N–H and O–H groups in total. The maximum absolute atomic E-state index is 10.9. The molecule has 0 unspecified atom stereocenters. The second-order valence-electron chi connectivity index (χ2n) is 4.10. The fourth-order valence-electron chi connectivity index (χ4n) is 1.68. The van der Waals surface area contributed by atoms with Crippen molar-refractivity contribution < 1.29 is 14.3 Å². The number of unbranched alkanes of at least 4 members (excludes halogenated alkanes) is 2. The minimum absolute atomic E-state index is 0.142. The van der Waals surface area contributed by atoms with Gasteiger partial charge >= 0.3 is 5.97 Å². The fraction of sp³-hybridized carbons (Fsp3) is 0.571. The second kappa shape index (κ2) is 9.19. The number of aromatic nitrogens is 1. The third-order valence-corrected chi connectivity index (χ3v) is 2.65. The summed E-state index contributed by atoms with van der Waals surface area (Å²) in [5.74, 6) is 1.41. The standard InChI is InChI=1S/C14H22N2O3/c1-3-19-12-8-7-11-16-14(12)15-10-6-4-5-9-13(17)18-2/h7-8,11H,3-6,9-10H2,1-2H3,(H,15,16). The van der Waals surface area contributed by atoms with Crippen LogP contribution in [0.4, 0.5) is 5.82 Å². The first kappa shape index (κ1) is 15.3. The molecule has 1 heterocycles. The van der Waals surface area contributed by atoms with Gasteiger partial charge in [0, 0.05) is 19.2 Å². The molecule has 0 saturated heterocycles. The monoisotopic (exact) mass is 266 g/mol. The van der Waals surface area contributed by atoms with Crippen LogP contribution in [0.15, 0.2) is 18.3 Å². The molecule has 0 aliphatic heterocycles. The first-order valence-corrected chi connectivity index (χ1v) is 6.66. The van der Waals surface area contributed by atoms with E-state index in [1.807, 2.05) is 19.1 Å². The molecule has 0 spiro atoms. The van der Waals surface area contributed by atoms with Crippen molar-refractivity contribution in [2.45, 2.75) is 32.6 Å². The lowest BCUT2D eigenvalue weighted by Gasteiger charge is -2.10. The van der Waals surface area contributed by atoms with Gasteiger partial charge in [0.2, 0.25) is 0 Å². The van der Waals surface area contributed by atoms with Crippen molar-refractivity contribution in [2.75, 3.05) is 25.6 Å². The van der Waals surface area contributed by atoms with E-state index in [2.05, 4.69) is 15.0 Å². The molecule has 106 valence electrons. The van der Waals surface area contributed by atoms with Crippen molar-refractivity contribution in [3.05, 3.63) is 18.3 Å². The lowest BCUT2D eigenvalue weighted by molar-refractivity contribution is -0.140. The highest BCUT2D eigenvalue weighted by Crippen LogP contribution is 2.20. The van der Waals surface area contributed by atoms with E-state index in [0.717, 1.165) is 37.4 Å². The lowest BCUT2D eigenvalue weighted by Crippen LogP contribution is -2.06. The van der Waals surface area contributed by atoms with Gasteiger partial charge in [-0.05, 0) is 31.9 Å². The van der Waals surface area contributed by atoms with Gasteiger partial charge in [-0.3, -0.25) is 4.79 Å². The van der Waals surface area contributed by atoms with Gasteiger partial charge in [-0.1, -0.05) is 6.42 Å². The van der Waals surface area contributed by atoms with Gasteiger partial charge in [0.05, 0.1) is 13.7 Å². The van der Waals surface area contributed by atoms with E-state index in [0.29, 0.717) is 13.0 Å². The molecule has 5 nitrogen and oxygen atoms in total. The summed E-state index contributed by atoms with van der Waals surface area (Å²) in [6.07, 6.45) is 5.05. The molecule has 1 aromatic rings. The molecule has 0 aliphatic rings. The molecule has 0 amide bonds. The topological polar surface area (TPSA) is 60.5 Å². The average Bonchev–Trinajstić information content (AvgIpc) is 2.44. The van der Waals surface area contributed by atoms with Crippen LogP contribution < -0.4 is 10.1 Å². The number of hydrogen-bond donors (Lipinski definition) is 1. The number of carbonyl (C=O) groups is 1. The Morgan fingerprint density at radius 2 is 2.21 bits per heavy atom. The van der Waals surface area contributed by atoms with Crippen molar-refractivity contribution in [1.29, 1.82) is 0 Å². The molecule has 0 bridgehead atoms. The summed E-state index contributed by atoms with van der Waals surface area (Å²) < 4.78 is 10.1. The molecular weight excluding hydrogens is 244 g/mol. The van der Waals surface area contributed by atoms with Gasteiger partial charge in [0.15, 0.2) is 11.6 Å². The Labute approximate surface area is 114 Å². The Morgan fingerprint density at radius 1 is 1.37 bits per heavy atom. The van der Waals surface area contributed by atoms with Crippen molar-refractivity contribution in [1.82, 2.24) is 4.98 Å². The summed E-state index contributed by atoms with van der Waals surface area (Å²) in [6.45, 7) is 3.39. The minimum Gasteiger partial charge on any atom is -0.490 e. The summed E-state index contributed by atoms with van der Waals surface area (Å²) in [5, 5.41) is 3.25. The van der Waals surface area contributed by atoms with Crippen LogP contribution >= 0.6 is 0 Å². The predicted octanol–water partition coefficient (Wildman–Crippen LogP) is 2.63. The van der Waals surface area contributed by atoms with E-state index < -0.39 is 0 Å². The fourth-order valence-corrected chi connectivity index (χ4v) is 1.68. The van der Waals surface area contributed by atoms with Crippen LogP contribution in [0, 0.1) is 0 Å². The van der Waals surface area contributed by atoms with Crippen molar-refractivity contribution in [3.63, 3.8) is 0 Å². The third kappa shape index (κ3) is 6.08. The lowest BCUT2D eigenvalue weighted by atomic mass is 10.2. The molecule has 1 rings (SSSR count). The number of nitrogens with zero attached hydrogens (tertiary/aromatic N) is 1. The summed E-state index contributed by atoms with van der Waals surface area (Å²) in [7, 11) is 1.42. The number of pyridine rings is 1. The zero-order chi connectivity index (χ0) is 13.9. The Morgan fingerprint density at radius 3 is 2.95 bits per heavy atom. The number of methoxy groups -OCH3 is 1. The van der Waals surface area contributed by atoms with Crippen LogP contribution in [-0.4, -0.2) is 31.2 Å². The molecule has 0 aromatic carbocycles. The highest BCUT2D eigenvalue weighted by atomic mass is 16.5. The summed E-state index contributed by atoms with van der Waals surface area (Å²) in [4.78, 5) is 15.2. The van der Waals surface area contributed by atoms with Crippen LogP contribution in [0.2, 0.25) is 0 Å². The Bertz CT molecular complexity index is 383. The maximum Gasteiger partial charge on any atom is 0.305 e. The zero-order valence-corrected chi connectivity index (χ0v) is 11.6. The molecule has 1 aromatic heterocycles. The first-order chi connectivity index (χ1) is 9.27. The van der Waals surface area contributed by atoms with Gasteiger partial charge in [-0.15, -0.1) is 0 Å². The van der Waals surface area contributed by atoms with E-state index in [4.69, 9.17) is 4.74 Å². The second-order valence-corrected chi connectivity index (χ2v) is 4.10. The summed E-state index contributed by atoms with van der Waals surface area (Å²) in [6, 6.07) is 3.75. The zero-order valence-electron chi connectivity index (χ0n) is 11.6. The number of anilines is 1. The summed E-state index contributed by atoms with van der Waals surface area (Å²) in [5.41, 5.74) is 0. The van der Waals surface area contributed by atoms with E-state index in [1.165, 1.54) is 7.11 Å². The summed E-state index contributed by atoms with van der Waals surface area (Å²) >= 11 is 0. The van der Waals surface area contributed by atoms with Crippen molar-refractivity contribution in [3.8, 4) is 5.75 Å². The number of hydrogen-bond acceptors (Lipinski definition) is 5. The Hall–Kier alpha value is -1.78. The predicted molar refractivity (Wildman–Crippen MR) is 74.4 cm³/mol. The molecule has 0 radical (unpaired) electrons. The quantitative estimate of drug-likeness (QED) is 0.550. The van der Waals surface area contributed by atoms with Crippen molar-refractivity contribution >= 4 is 11.8 Å². The van der Waals surface area contributed by atoms with Gasteiger partial charge in [-0.2, -0.15) is 0 Å². The smallest absolute Gasteiger partial charge is 0.305 e. The number of ether oxygens (including phenoxy) is 2. The Kier molecular flexibility index (Phi) is 7.39. The van der Waals surface area contributed by atoms with E-state index in [9.17, 15) is 4.79 Å². The van der Waals surface area contributed by atoms with E-state index in [-0.39, 0.29) is 5.97 Å². The van der Waals surface area contributed by atoms with Gasteiger partial charge in [0.1, 0.15) is 0 Å². The largest absolute Gasteiger partial charge is 0.490 e. The van der Waals surface area contributed by atoms with E-state index in [1.54, 1.807) is 6.20 Å². The normalized spacial score (nSPS) is 10.0. The average molecular weight is 266 g/mol.